The molecule has 0 unspecified atom stereocenters. The number of oxazole rings is 1. The average Bonchev–Trinajstić information content (AvgIpc) is 2.66. The number of hydrogen-bond acceptors (Lipinski definition) is 2. The molecule has 0 radical (unpaired) electrons. The summed E-state index contributed by atoms with van der Waals surface area (Å²) in [5, 5.41) is 0. The second-order valence-electron chi connectivity index (χ2n) is 3.29. The second kappa shape index (κ2) is 3.58. The molecule has 72 valence electrons. The van der Waals surface area contributed by atoms with Crippen molar-refractivity contribution < 1.29 is 4.42 Å². The molecule has 2 nitrogen and oxygen atoms in total. The van der Waals surface area contributed by atoms with Gasteiger partial charge in [-0.3, -0.25) is 0 Å². The zero-order valence-corrected chi connectivity index (χ0v) is 9.63. The molecule has 0 bridgehead atoms. The van der Waals surface area contributed by atoms with Gasteiger partial charge in [0.1, 0.15) is 0 Å². The predicted molar refractivity (Wildman–Crippen MR) is 59.1 cm³/mol. The van der Waals surface area contributed by atoms with Crippen molar-refractivity contribution in [3.63, 3.8) is 0 Å². The van der Waals surface area contributed by atoms with E-state index in [0.29, 0.717) is 0 Å². The third-order valence-corrected chi connectivity index (χ3v) is 3.40. The zero-order chi connectivity index (χ0) is 10.1. The maximum absolute atomic E-state index is 5.24. The van der Waals surface area contributed by atoms with Crippen LogP contribution in [0, 0.1) is 13.8 Å². The molecule has 1 aromatic carbocycles. The van der Waals surface area contributed by atoms with Crippen LogP contribution in [0.4, 0.5) is 0 Å². The van der Waals surface area contributed by atoms with Crippen LogP contribution in [0.25, 0.3) is 11.3 Å². The van der Waals surface area contributed by atoms with Gasteiger partial charge >= 0.3 is 0 Å². The van der Waals surface area contributed by atoms with E-state index in [2.05, 4.69) is 46.9 Å². The molecular weight excluding hydrogens is 242 g/mol. The van der Waals surface area contributed by atoms with Crippen molar-refractivity contribution in [3.8, 4) is 11.3 Å². The van der Waals surface area contributed by atoms with Crippen molar-refractivity contribution in [1.82, 2.24) is 4.98 Å². The van der Waals surface area contributed by atoms with Crippen LogP contribution < -0.4 is 0 Å². The van der Waals surface area contributed by atoms with Crippen LogP contribution in [-0.2, 0) is 0 Å². The first kappa shape index (κ1) is 9.46. The summed E-state index contributed by atoms with van der Waals surface area (Å²) in [6.45, 7) is 4.13. The molecule has 0 saturated carbocycles. The lowest BCUT2D eigenvalue weighted by Gasteiger charge is -2.05. The number of hydrogen-bond donors (Lipinski definition) is 0. The van der Waals surface area contributed by atoms with E-state index >= 15 is 0 Å². The normalized spacial score (nSPS) is 10.5. The van der Waals surface area contributed by atoms with Gasteiger partial charge in [-0.1, -0.05) is 15.9 Å². The fourth-order valence-electron chi connectivity index (χ4n) is 1.45. The first-order valence-corrected chi connectivity index (χ1v) is 5.13. The number of nitrogens with zero attached hydrogens (tertiary/aromatic N) is 1. The smallest absolute Gasteiger partial charge is 0.181 e. The third kappa shape index (κ3) is 1.60. The Hall–Kier alpha value is -1.09. The Bertz CT molecular complexity index is 425. The molecule has 0 amide bonds. The van der Waals surface area contributed by atoms with E-state index in [1.165, 1.54) is 17.5 Å². The summed E-state index contributed by atoms with van der Waals surface area (Å²) in [6.07, 6.45) is 3.17. The number of halogens is 1. The van der Waals surface area contributed by atoms with E-state index in [1.807, 2.05) is 0 Å². The molecule has 0 atom stereocenters. The summed E-state index contributed by atoms with van der Waals surface area (Å²) >= 11 is 3.53. The molecule has 0 saturated heterocycles. The van der Waals surface area contributed by atoms with Gasteiger partial charge in [0.15, 0.2) is 12.2 Å². The average molecular weight is 252 g/mol. The van der Waals surface area contributed by atoms with E-state index in [4.69, 9.17) is 4.42 Å². The zero-order valence-electron chi connectivity index (χ0n) is 8.04. The van der Waals surface area contributed by atoms with Gasteiger partial charge in [-0.15, -0.1) is 0 Å². The van der Waals surface area contributed by atoms with Gasteiger partial charge < -0.3 is 4.42 Å². The monoisotopic (exact) mass is 251 g/mol. The molecule has 0 aliphatic carbocycles. The second-order valence-corrected chi connectivity index (χ2v) is 4.08. The van der Waals surface area contributed by atoms with Crippen molar-refractivity contribution >= 4 is 15.9 Å². The molecule has 0 N–H and O–H groups in total. The summed E-state index contributed by atoms with van der Waals surface area (Å²) in [5.41, 5.74) is 3.48. The molecule has 2 aromatic rings. The lowest BCUT2D eigenvalue weighted by atomic mass is 10.1. The Morgan fingerprint density at radius 1 is 1.21 bits per heavy atom. The highest BCUT2D eigenvalue weighted by Crippen LogP contribution is 2.28. The van der Waals surface area contributed by atoms with Crippen LogP contribution in [0.2, 0.25) is 0 Å². The minimum Gasteiger partial charge on any atom is -0.444 e. The molecule has 2 rings (SSSR count). The van der Waals surface area contributed by atoms with Crippen LogP contribution >= 0.6 is 15.9 Å². The Morgan fingerprint density at radius 3 is 2.36 bits per heavy atom. The molecule has 14 heavy (non-hydrogen) atoms. The highest BCUT2D eigenvalue weighted by Gasteiger charge is 2.06. The summed E-state index contributed by atoms with van der Waals surface area (Å²) in [7, 11) is 0. The molecule has 0 spiro atoms. The van der Waals surface area contributed by atoms with Crippen LogP contribution in [0.15, 0.2) is 33.6 Å². The summed E-state index contributed by atoms with van der Waals surface area (Å²) in [5.74, 6) is 0.809. The topological polar surface area (TPSA) is 26.0 Å². The molecule has 3 heteroatoms. The highest BCUT2D eigenvalue weighted by atomic mass is 79.9. The quantitative estimate of drug-likeness (QED) is 0.773. The van der Waals surface area contributed by atoms with Gasteiger partial charge in [0, 0.05) is 10.0 Å². The standard InChI is InChI=1S/C11H10BrNO/c1-7-3-9(4-8(2)11(7)12)10-5-13-6-14-10/h3-6H,1-2H3. The van der Waals surface area contributed by atoms with Gasteiger partial charge in [0.05, 0.1) is 6.20 Å². The van der Waals surface area contributed by atoms with Crippen molar-refractivity contribution in [2.45, 2.75) is 13.8 Å². The SMILES string of the molecule is Cc1cc(-c2cnco2)cc(C)c1Br. The van der Waals surface area contributed by atoms with Gasteiger partial charge in [-0.05, 0) is 37.1 Å². The van der Waals surface area contributed by atoms with E-state index in [0.717, 1.165) is 15.8 Å². The Labute approximate surface area is 91.1 Å². The number of aromatic nitrogens is 1. The maximum atomic E-state index is 5.24. The van der Waals surface area contributed by atoms with Crippen molar-refractivity contribution in [2.24, 2.45) is 0 Å². The van der Waals surface area contributed by atoms with Crippen molar-refractivity contribution in [2.75, 3.05) is 0 Å². The van der Waals surface area contributed by atoms with Crippen molar-refractivity contribution in [3.05, 3.63) is 40.3 Å². The number of aryl methyl sites for hydroxylation is 2. The van der Waals surface area contributed by atoms with Gasteiger partial charge in [-0.25, -0.2) is 4.98 Å². The third-order valence-electron chi connectivity index (χ3n) is 2.15. The lowest BCUT2D eigenvalue weighted by Crippen LogP contribution is -1.84. The minimum atomic E-state index is 0.809. The molecule has 1 aromatic heterocycles. The first-order chi connectivity index (χ1) is 6.68. The first-order valence-electron chi connectivity index (χ1n) is 4.34. The van der Waals surface area contributed by atoms with Crippen LogP contribution in [0.5, 0.6) is 0 Å². The largest absolute Gasteiger partial charge is 0.444 e. The predicted octanol–water partition coefficient (Wildman–Crippen LogP) is 3.72. The van der Waals surface area contributed by atoms with E-state index < -0.39 is 0 Å². The van der Waals surface area contributed by atoms with Gasteiger partial charge in [0.2, 0.25) is 0 Å². The maximum Gasteiger partial charge on any atom is 0.181 e. The molecular formula is C11H10BrNO. The minimum absolute atomic E-state index is 0.809. The number of rotatable bonds is 1. The van der Waals surface area contributed by atoms with Crippen LogP contribution in [0.1, 0.15) is 11.1 Å². The van der Waals surface area contributed by atoms with E-state index in [9.17, 15) is 0 Å². The Balaban J connectivity index is 2.57. The molecule has 1 heterocycles. The van der Waals surface area contributed by atoms with Gasteiger partial charge in [-0.2, -0.15) is 0 Å². The summed E-state index contributed by atoms with van der Waals surface area (Å²) in [6, 6.07) is 4.16. The fourth-order valence-corrected chi connectivity index (χ4v) is 1.68. The summed E-state index contributed by atoms with van der Waals surface area (Å²) in [4.78, 5) is 3.90. The van der Waals surface area contributed by atoms with E-state index in [1.54, 1.807) is 6.20 Å². The highest BCUT2D eigenvalue weighted by molar-refractivity contribution is 9.10. The van der Waals surface area contributed by atoms with Gasteiger partial charge in [0.25, 0.3) is 0 Å². The Morgan fingerprint density at radius 2 is 1.86 bits per heavy atom. The Kier molecular flexibility index (Phi) is 2.42. The summed E-state index contributed by atoms with van der Waals surface area (Å²) < 4.78 is 6.40. The van der Waals surface area contributed by atoms with Crippen LogP contribution in [0.3, 0.4) is 0 Å². The number of benzene rings is 1. The van der Waals surface area contributed by atoms with Crippen LogP contribution in [-0.4, -0.2) is 4.98 Å². The molecule has 0 aliphatic rings. The van der Waals surface area contributed by atoms with E-state index in [-0.39, 0.29) is 0 Å². The molecule has 0 aliphatic heterocycles. The molecule has 0 fully saturated rings. The lowest BCUT2D eigenvalue weighted by molar-refractivity contribution is 0.572. The van der Waals surface area contributed by atoms with Crippen molar-refractivity contribution in [1.29, 1.82) is 0 Å². The fraction of sp³-hybridized carbons (Fsp3) is 0.182.